The lowest BCUT2D eigenvalue weighted by atomic mass is 9.72. The standard InChI is InChI=1S/C12H22O2/c1-8-7-12(14,10(2,3)4)9(13)11(8,5)6/h8,14H,7H2,1-6H3/t8-,12-/m0/s1. The van der Waals surface area contributed by atoms with Crippen molar-refractivity contribution in [1.29, 1.82) is 0 Å². The quantitative estimate of drug-likeness (QED) is 0.649. The number of hydrogen-bond donors (Lipinski definition) is 1. The maximum absolute atomic E-state index is 12.2. The molecule has 1 saturated carbocycles. The summed E-state index contributed by atoms with van der Waals surface area (Å²) in [5.74, 6) is 0.254. The Hall–Kier alpha value is -0.370. The number of hydrogen-bond acceptors (Lipinski definition) is 2. The predicted octanol–water partition coefficient (Wildman–Crippen LogP) is 2.40. The van der Waals surface area contributed by atoms with E-state index >= 15 is 0 Å². The minimum atomic E-state index is -1.14. The van der Waals surface area contributed by atoms with Crippen LogP contribution in [0.2, 0.25) is 0 Å². The first kappa shape index (κ1) is 11.7. The molecular weight excluding hydrogens is 176 g/mol. The molecule has 0 bridgehead atoms. The second-order valence-corrected chi connectivity index (χ2v) is 6.27. The molecule has 1 N–H and O–H groups in total. The summed E-state index contributed by atoms with van der Waals surface area (Å²) in [4.78, 5) is 12.2. The fourth-order valence-electron chi connectivity index (χ4n) is 2.19. The second-order valence-electron chi connectivity index (χ2n) is 6.27. The van der Waals surface area contributed by atoms with Crippen molar-refractivity contribution in [2.75, 3.05) is 0 Å². The van der Waals surface area contributed by atoms with Crippen LogP contribution in [0.25, 0.3) is 0 Å². The molecule has 1 rings (SSSR count). The number of Topliss-reactive ketones (excluding diaryl/α,β-unsaturated/α-hetero) is 1. The van der Waals surface area contributed by atoms with Crippen LogP contribution >= 0.6 is 0 Å². The SMILES string of the molecule is C[C@H]1C[C@@](O)(C(C)(C)C)C(=O)C1(C)C. The molecule has 0 aliphatic heterocycles. The fourth-order valence-corrected chi connectivity index (χ4v) is 2.19. The average Bonchev–Trinajstić information content (AvgIpc) is 2.12. The van der Waals surface area contributed by atoms with E-state index in [0.717, 1.165) is 0 Å². The van der Waals surface area contributed by atoms with Gasteiger partial charge in [-0.3, -0.25) is 4.79 Å². The van der Waals surface area contributed by atoms with Gasteiger partial charge < -0.3 is 5.11 Å². The molecule has 0 amide bonds. The van der Waals surface area contributed by atoms with Crippen molar-refractivity contribution in [1.82, 2.24) is 0 Å². The highest BCUT2D eigenvalue weighted by atomic mass is 16.3. The summed E-state index contributed by atoms with van der Waals surface area (Å²) >= 11 is 0. The van der Waals surface area contributed by atoms with Crippen LogP contribution in [0.1, 0.15) is 48.0 Å². The molecule has 1 fully saturated rings. The number of carbonyl (C=O) groups excluding carboxylic acids is 1. The van der Waals surface area contributed by atoms with Gasteiger partial charge in [0, 0.05) is 5.41 Å². The Balaban J connectivity index is 3.15. The topological polar surface area (TPSA) is 37.3 Å². The van der Waals surface area contributed by atoms with Crippen molar-refractivity contribution in [3.63, 3.8) is 0 Å². The van der Waals surface area contributed by atoms with E-state index in [-0.39, 0.29) is 22.5 Å². The monoisotopic (exact) mass is 198 g/mol. The summed E-state index contributed by atoms with van der Waals surface area (Å²) in [6.07, 6.45) is 0.586. The summed E-state index contributed by atoms with van der Waals surface area (Å²) in [5.41, 5.74) is -1.90. The Morgan fingerprint density at radius 1 is 1.36 bits per heavy atom. The maximum atomic E-state index is 12.2. The summed E-state index contributed by atoms with van der Waals surface area (Å²) < 4.78 is 0. The maximum Gasteiger partial charge on any atom is 0.170 e. The van der Waals surface area contributed by atoms with Crippen LogP contribution in [0.3, 0.4) is 0 Å². The third kappa shape index (κ3) is 1.31. The van der Waals surface area contributed by atoms with E-state index in [9.17, 15) is 9.90 Å². The van der Waals surface area contributed by atoms with Crippen LogP contribution in [0, 0.1) is 16.7 Å². The Morgan fingerprint density at radius 3 is 1.93 bits per heavy atom. The van der Waals surface area contributed by atoms with Crippen molar-refractivity contribution >= 4 is 5.78 Å². The van der Waals surface area contributed by atoms with Crippen LogP contribution in [-0.4, -0.2) is 16.5 Å². The molecule has 0 heterocycles. The smallest absolute Gasteiger partial charge is 0.170 e. The zero-order chi connectivity index (χ0) is 11.4. The van der Waals surface area contributed by atoms with Crippen LogP contribution < -0.4 is 0 Å². The zero-order valence-corrected chi connectivity index (χ0v) is 10.1. The highest BCUT2D eigenvalue weighted by Gasteiger charge is 2.59. The molecular formula is C12H22O2. The van der Waals surface area contributed by atoms with E-state index < -0.39 is 5.60 Å². The van der Waals surface area contributed by atoms with Gasteiger partial charge in [0.05, 0.1) is 0 Å². The van der Waals surface area contributed by atoms with Crippen molar-refractivity contribution in [3.05, 3.63) is 0 Å². The molecule has 2 heteroatoms. The van der Waals surface area contributed by atoms with Gasteiger partial charge in [-0.05, 0) is 17.8 Å². The molecule has 0 unspecified atom stereocenters. The molecule has 0 spiro atoms. The number of carbonyl (C=O) groups is 1. The molecule has 0 aromatic carbocycles. The molecule has 82 valence electrons. The van der Waals surface area contributed by atoms with Crippen LogP contribution in [-0.2, 0) is 4.79 Å². The van der Waals surface area contributed by atoms with Gasteiger partial charge in [0.1, 0.15) is 5.60 Å². The van der Waals surface area contributed by atoms with Crippen molar-refractivity contribution in [3.8, 4) is 0 Å². The van der Waals surface area contributed by atoms with E-state index in [1.165, 1.54) is 0 Å². The number of rotatable bonds is 0. The van der Waals surface area contributed by atoms with Gasteiger partial charge >= 0.3 is 0 Å². The zero-order valence-electron chi connectivity index (χ0n) is 10.1. The van der Waals surface area contributed by atoms with E-state index in [0.29, 0.717) is 6.42 Å². The summed E-state index contributed by atoms with van der Waals surface area (Å²) in [5, 5.41) is 10.5. The Morgan fingerprint density at radius 2 is 1.79 bits per heavy atom. The molecule has 0 saturated heterocycles. The summed E-state index contributed by atoms with van der Waals surface area (Å²) in [6, 6.07) is 0. The Bertz CT molecular complexity index is 260. The van der Waals surface area contributed by atoms with Gasteiger partial charge in [-0.2, -0.15) is 0 Å². The van der Waals surface area contributed by atoms with E-state index in [1.807, 2.05) is 41.5 Å². The fraction of sp³-hybridized carbons (Fsp3) is 0.917. The first-order valence-electron chi connectivity index (χ1n) is 5.31. The van der Waals surface area contributed by atoms with Crippen molar-refractivity contribution in [2.24, 2.45) is 16.7 Å². The van der Waals surface area contributed by atoms with Gasteiger partial charge in [0.25, 0.3) is 0 Å². The van der Waals surface area contributed by atoms with Gasteiger partial charge in [-0.1, -0.05) is 41.5 Å². The molecule has 1 aliphatic carbocycles. The lowest BCUT2D eigenvalue weighted by Gasteiger charge is -2.36. The highest BCUT2D eigenvalue weighted by Crippen LogP contribution is 2.51. The third-order valence-corrected chi connectivity index (χ3v) is 4.04. The number of ketones is 1. The molecule has 0 radical (unpaired) electrons. The van der Waals surface area contributed by atoms with Gasteiger partial charge in [0.2, 0.25) is 0 Å². The van der Waals surface area contributed by atoms with E-state index in [1.54, 1.807) is 0 Å². The summed E-state index contributed by atoms with van der Waals surface area (Å²) in [6.45, 7) is 11.7. The van der Waals surface area contributed by atoms with E-state index in [4.69, 9.17) is 0 Å². The van der Waals surface area contributed by atoms with Crippen LogP contribution in [0.15, 0.2) is 0 Å². The second kappa shape index (κ2) is 2.82. The first-order chi connectivity index (χ1) is 6.03. The molecule has 2 nitrogen and oxygen atoms in total. The predicted molar refractivity (Wildman–Crippen MR) is 57.0 cm³/mol. The van der Waals surface area contributed by atoms with Crippen LogP contribution in [0.5, 0.6) is 0 Å². The van der Waals surface area contributed by atoms with Crippen molar-refractivity contribution < 1.29 is 9.90 Å². The van der Waals surface area contributed by atoms with Crippen molar-refractivity contribution in [2.45, 2.75) is 53.6 Å². The highest BCUT2D eigenvalue weighted by molar-refractivity contribution is 5.95. The van der Waals surface area contributed by atoms with Crippen LogP contribution in [0.4, 0.5) is 0 Å². The lowest BCUT2D eigenvalue weighted by Crippen LogP contribution is -2.49. The minimum absolute atomic E-state index is 0.00463. The average molecular weight is 198 g/mol. The Labute approximate surface area is 86.7 Å². The third-order valence-electron chi connectivity index (χ3n) is 4.04. The normalized spacial score (nSPS) is 37.6. The van der Waals surface area contributed by atoms with Gasteiger partial charge in [0.15, 0.2) is 5.78 Å². The molecule has 1 aliphatic rings. The lowest BCUT2D eigenvalue weighted by molar-refractivity contribution is -0.150. The van der Waals surface area contributed by atoms with Gasteiger partial charge in [-0.25, -0.2) is 0 Å². The molecule has 2 atom stereocenters. The molecule has 14 heavy (non-hydrogen) atoms. The molecule has 0 aromatic heterocycles. The largest absolute Gasteiger partial charge is 0.381 e. The summed E-state index contributed by atoms with van der Waals surface area (Å²) in [7, 11) is 0. The number of aliphatic hydroxyl groups is 1. The first-order valence-corrected chi connectivity index (χ1v) is 5.31. The minimum Gasteiger partial charge on any atom is -0.381 e. The van der Waals surface area contributed by atoms with E-state index in [2.05, 4.69) is 0 Å². The van der Waals surface area contributed by atoms with Gasteiger partial charge in [-0.15, -0.1) is 0 Å². The molecule has 0 aromatic rings. The Kier molecular flexibility index (Phi) is 2.35.